The van der Waals surface area contributed by atoms with Crippen molar-refractivity contribution in [2.45, 2.75) is 37.3 Å². The number of hydrogen-bond donors (Lipinski definition) is 2. The third kappa shape index (κ3) is 0.578. The van der Waals surface area contributed by atoms with Gasteiger partial charge in [0.25, 0.3) is 0 Å². The predicted molar refractivity (Wildman–Crippen MR) is 34.9 cm³/mol. The van der Waals surface area contributed by atoms with Gasteiger partial charge in [0, 0.05) is 5.54 Å². The summed E-state index contributed by atoms with van der Waals surface area (Å²) in [7, 11) is 0. The van der Waals surface area contributed by atoms with Crippen LogP contribution in [0, 0.1) is 5.92 Å². The lowest BCUT2D eigenvalue weighted by Gasteiger charge is -2.22. The van der Waals surface area contributed by atoms with E-state index in [4.69, 9.17) is 5.73 Å². The molecule has 0 aromatic heterocycles. The summed E-state index contributed by atoms with van der Waals surface area (Å²) in [4.78, 5) is 0. The Kier molecular flexibility index (Phi) is 0.945. The molecule has 0 amide bonds. The van der Waals surface area contributed by atoms with Gasteiger partial charge in [0.15, 0.2) is 0 Å². The predicted octanol–water partition coefficient (Wildman–Crippen LogP) is 0.249. The summed E-state index contributed by atoms with van der Waals surface area (Å²) in [5, 5.41) is 9.46. The average Bonchev–Trinajstić information content (AvgIpc) is 2.24. The second-order valence-electron chi connectivity index (χ2n) is 3.52. The van der Waals surface area contributed by atoms with Gasteiger partial charge in [-0.05, 0) is 31.6 Å². The Morgan fingerprint density at radius 3 is 2.00 bits per heavy atom. The van der Waals surface area contributed by atoms with Gasteiger partial charge in [-0.15, -0.1) is 0 Å². The largest absolute Gasteiger partial charge is 0.391 e. The van der Waals surface area contributed by atoms with Gasteiger partial charge in [0.1, 0.15) is 0 Å². The number of aliphatic hydroxyl groups excluding tert-OH is 1. The standard InChI is InChI=1S/C7H13NO/c8-7-3-1-5(2-4-7)6(7)9/h5-6,9H,1-4,8H2. The number of rotatable bonds is 0. The summed E-state index contributed by atoms with van der Waals surface area (Å²) in [5.74, 6) is 0.537. The van der Waals surface area contributed by atoms with Crippen LogP contribution in [0.1, 0.15) is 25.7 Å². The monoisotopic (exact) mass is 127 g/mol. The second-order valence-corrected chi connectivity index (χ2v) is 3.52. The molecule has 2 aliphatic rings. The first kappa shape index (κ1) is 5.69. The molecule has 1 atom stereocenters. The number of fused-ring (bicyclic) bond motifs is 2. The highest BCUT2D eigenvalue weighted by atomic mass is 16.3. The Morgan fingerprint density at radius 2 is 1.89 bits per heavy atom. The Hall–Kier alpha value is -0.0800. The van der Waals surface area contributed by atoms with E-state index in [0.29, 0.717) is 5.92 Å². The molecule has 0 heterocycles. The van der Waals surface area contributed by atoms with Crippen LogP contribution in [-0.4, -0.2) is 16.7 Å². The third-order valence-corrected chi connectivity index (χ3v) is 3.00. The molecule has 2 fully saturated rings. The molecule has 2 nitrogen and oxygen atoms in total. The van der Waals surface area contributed by atoms with Crippen molar-refractivity contribution in [1.82, 2.24) is 0 Å². The Morgan fingerprint density at radius 1 is 1.33 bits per heavy atom. The van der Waals surface area contributed by atoms with E-state index in [2.05, 4.69) is 0 Å². The van der Waals surface area contributed by atoms with Gasteiger partial charge in [-0.1, -0.05) is 0 Å². The van der Waals surface area contributed by atoms with Gasteiger partial charge in [-0.2, -0.15) is 0 Å². The van der Waals surface area contributed by atoms with E-state index >= 15 is 0 Å². The molecular weight excluding hydrogens is 114 g/mol. The van der Waals surface area contributed by atoms with E-state index in [-0.39, 0.29) is 11.6 Å². The van der Waals surface area contributed by atoms with Crippen molar-refractivity contribution in [3.63, 3.8) is 0 Å². The maximum Gasteiger partial charge on any atom is 0.0747 e. The molecule has 2 bridgehead atoms. The maximum atomic E-state index is 9.46. The Labute approximate surface area is 55.1 Å². The fraction of sp³-hybridized carbons (Fsp3) is 1.00. The zero-order chi connectivity index (χ0) is 6.48. The fourth-order valence-electron chi connectivity index (χ4n) is 2.26. The molecule has 0 radical (unpaired) electrons. The molecule has 9 heavy (non-hydrogen) atoms. The minimum atomic E-state index is -0.183. The van der Waals surface area contributed by atoms with E-state index in [9.17, 15) is 5.11 Å². The van der Waals surface area contributed by atoms with Crippen LogP contribution in [0.2, 0.25) is 0 Å². The second kappa shape index (κ2) is 1.50. The van der Waals surface area contributed by atoms with Crippen molar-refractivity contribution in [2.75, 3.05) is 0 Å². The van der Waals surface area contributed by atoms with Crippen molar-refractivity contribution in [3.05, 3.63) is 0 Å². The minimum absolute atomic E-state index is 0.176. The minimum Gasteiger partial charge on any atom is -0.391 e. The van der Waals surface area contributed by atoms with Gasteiger partial charge in [0.05, 0.1) is 6.10 Å². The smallest absolute Gasteiger partial charge is 0.0747 e. The van der Waals surface area contributed by atoms with Crippen LogP contribution in [0.4, 0.5) is 0 Å². The highest BCUT2D eigenvalue weighted by Gasteiger charge is 2.50. The fourth-order valence-corrected chi connectivity index (χ4v) is 2.26. The summed E-state index contributed by atoms with van der Waals surface area (Å²) in [6.07, 6.45) is 4.20. The molecule has 0 spiro atoms. The normalized spacial score (nSPS) is 56.7. The molecule has 0 aromatic carbocycles. The first-order valence-electron chi connectivity index (χ1n) is 3.69. The first-order valence-corrected chi connectivity index (χ1v) is 3.69. The summed E-state index contributed by atoms with van der Waals surface area (Å²) >= 11 is 0. The topological polar surface area (TPSA) is 46.2 Å². The van der Waals surface area contributed by atoms with Crippen molar-refractivity contribution in [3.8, 4) is 0 Å². The first-order chi connectivity index (χ1) is 4.22. The highest BCUT2D eigenvalue weighted by molar-refractivity contribution is 5.07. The Balaban J connectivity index is 2.26. The van der Waals surface area contributed by atoms with Crippen LogP contribution >= 0.6 is 0 Å². The molecule has 2 saturated carbocycles. The number of hydrogen-bond acceptors (Lipinski definition) is 2. The van der Waals surface area contributed by atoms with Gasteiger partial charge in [-0.25, -0.2) is 0 Å². The van der Waals surface area contributed by atoms with Crippen molar-refractivity contribution < 1.29 is 5.11 Å². The lowest BCUT2D eigenvalue weighted by molar-refractivity contribution is 0.111. The molecule has 2 rings (SSSR count). The molecule has 0 aliphatic heterocycles. The molecule has 3 N–H and O–H groups in total. The van der Waals surface area contributed by atoms with Crippen LogP contribution in [0.15, 0.2) is 0 Å². The number of aliphatic hydroxyl groups is 1. The van der Waals surface area contributed by atoms with E-state index < -0.39 is 0 Å². The van der Waals surface area contributed by atoms with Crippen molar-refractivity contribution >= 4 is 0 Å². The lowest BCUT2D eigenvalue weighted by atomic mass is 9.95. The van der Waals surface area contributed by atoms with Crippen molar-refractivity contribution in [2.24, 2.45) is 11.7 Å². The molecular formula is C7H13NO. The lowest BCUT2D eigenvalue weighted by Crippen LogP contribution is -2.44. The van der Waals surface area contributed by atoms with Gasteiger partial charge in [-0.3, -0.25) is 0 Å². The SMILES string of the molecule is NC12CCC(CC1)C2O. The van der Waals surface area contributed by atoms with Crippen LogP contribution in [0.3, 0.4) is 0 Å². The summed E-state index contributed by atoms with van der Waals surface area (Å²) < 4.78 is 0. The number of nitrogens with two attached hydrogens (primary N) is 1. The quantitative estimate of drug-likeness (QED) is 0.490. The zero-order valence-corrected chi connectivity index (χ0v) is 5.51. The van der Waals surface area contributed by atoms with Crippen LogP contribution < -0.4 is 5.73 Å². The Bertz CT molecular complexity index is 127. The molecule has 2 heteroatoms. The molecule has 52 valence electrons. The van der Waals surface area contributed by atoms with Crippen molar-refractivity contribution in [1.29, 1.82) is 0 Å². The molecule has 0 saturated heterocycles. The zero-order valence-electron chi connectivity index (χ0n) is 5.51. The summed E-state index contributed by atoms with van der Waals surface area (Å²) in [5.41, 5.74) is 5.72. The molecule has 1 unspecified atom stereocenters. The van der Waals surface area contributed by atoms with Crippen LogP contribution in [0.5, 0.6) is 0 Å². The average molecular weight is 127 g/mol. The molecule has 2 aliphatic carbocycles. The third-order valence-electron chi connectivity index (χ3n) is 3.00. The summed E-state index contributed by atoms with van der Waals surface area (Å²) in [6.45, 7) is 0. The maximum absolute atomic E-state index is 9.46. The van der Waals surface area contributed by atoms with E-state index in [1.54, 1.807) is 0 Å². The van der Waals surface area contributed by atoms with Crippen LogP contribution in [-0.2, 0) is 0 Å². The summed E-state index contributed by atoms with van der Waals surface area (Å²) in [6, 6.07) is 0. The highest BCUT2D eigenvalue weighted by Crippen LogP contribution is 2.45. The van der Waals surface area contributed by atoms with Gasteiger partial charge in [0.2, 0.25) is 0 Å². The van der Waals surface area contributed by atoms with Gasteiger partial charge < -0.3 is 10.8 Å². The van der Waals surface area contributed by atoms with Crippen LogP contribution in [0.25, 0.3) is 0 Å². The van der Waals surface area contributed by atoms with Gasteiger partial charge >= 0.3 is 0 Å². The van der Waals surface area contributed by atoms with E-state index in [0.717, 1.165) is 25.7 Å². The van der Waals surface area contributed by atoms with E-state index in [1.807, 2.05) is 0 Å². The molecule has 0 aromatic rings. The van der Waals surface area contributed by atoms with E-state index in [1.165, 1.54) is 0 Å².